The third kappa shape index (κ3) is 2.87. The van der Waals surface area contributed by atoms with Crippen molar-refractivity contribution in [2.45, 2.75) is 19.4 Å². The second-order valence-electron chi connectivity index (χ2n) is 3.93. The summed E-state index contributed by atoms with van der Waals surface area (Å²) >= 11 is 0. The van der Waals surface area contributed by atoms with Crippen LogP contribution in [0.4, 0.5) is 4.39 Å². The van der Waals surface area contributed by atoms with Gasteiger partial charge in [-0.05, 0) is 25.1 Å². The quantitative estimate of drug-likeness (QED) is 0.877. The molecule has 94 valence electrons. The van der Waals surface area contributed by atoms with Gasteiger partial charge in [0, 0.05) is 24.2 Å². The molecule has 0 bridgehead atoms. The van der Waals surface area contributed by atoms with Crippen molar-refractivity contribution in [3.05, 3.63) is 54.1 Å². The second kappa shape index (κ2) is 6.16. The van der Waals surface area contributed by atoms with Crippen molar-refractivity contribution in [2.75, 3.05) is 6.54 Å². The molecular weight excluding hydrogens is 231 g/mol. The molecule has 0 aliphatic heterocycles. The van der Waals surface area contributed by atoms with E-state index in [0.29, 0.717) is 5.69 Å². The van der Waals surface area contributed by atoms with Crippen molar-refractivity contribution in [1.82, 2.24) is 20.3 Å². The molecule has 5 heteroatoms. The Morgan fingerprint density at radius 3 is 2.78 bits per heavy atom. The zero-order valence-corrected chi connectivity index (χ0v) is 10.2. The average Bonchev–Trinajstić information content (AvgIpc) is 2.42. The molecule has 2 aromatic heterocycles. The molecular formula is C13H15FN4. The smallest absolute Gasteiger partial charge is 0.146 e. The number of rotatable bonds is 5. The standard InChI is InChI=1S/C13H15FN4/c1-2-5-17-12(10-7-15-9-16-8-10)13-11(14)4-3-6-18-13/h3-4,6-9,12,17H,2,5H2,1H3. The van der Waals surface area contributed by atoms with Crippen molar-refractivity contribution in [1.29, 1.82) is 0 Å². The molecule has 0 aliphatic carbocycles. The minimum atomic E-state index is -0.324. The molecule has 0 saturated carbocycles. The summed E-state index contributed by atoms with van der Waals surface area (Å²) in [6, 6.07) is 2.68. The van der Waals surface area contributed by atoms with E-state index in [4.69, 9.17) is 0 Å². The second-order valence-corrected chi connectivity index (χ2v) is 3.93. The van der Waals surface area contributed by atoms with Crippen molar-refractivity contribution in [3.8, 4) is 0 Å². The Labute approximate surface area is 105 Å². The van der Waals surface area contributed by atoms with Gasteiger partial charge in [0.25, 0.3) is 0 Å². The molecule has 0 aliphatic rings. The van der Waals surface area contributed by atoms with Crippen molar-refractivity contribution in [2.24, 2.45) is 0 Å². The van der Waals surface area contributed by atoms with Gasteiger partial charge in [0.2, 0.25) is 0 Å². The number of hydrogen-bond acceptors (Lipinski definition) is 4. The van der Waals surface area contributed by atoms with Crippen LogP contribution < -0.4 is 5.32 Å². The molecule has 0 amide bonds. The first-order chi connectivity index (χ1) is 8.83. The number of aromatic nitrogens is 3. The van der Waals surface area contributed by atoms with E-state index >= 15 is 0 Å². The first-order valence-electron chi connectivity index (χ1n) is 5.91. The normalized spacial score (nSPS) is 12.3. The van der Waals surface area contributed by atoms with E-state index < -0.39 is 0 Å². The third-order valence-corrected chi connectivity index (χ3v) is 2.57. The topological polar surface area (TPSA) is 50.7 Å². The summed E-state index contributed by atoms with van der Waals surface area (Å²) in [7, 11) is 0. The van der Waals surface area contributed by atoms with Crippen LogP contribution in [0, 0.1) is 5.82 Å². The van der Waals surface area contributed by atoms with E-state index in [2.05, 4.69) is 27.2 Å². The van der Waals surface area contributed by atoms with Gasteiger partial charge in [-0.15, -0.1) is 0 Å². The number of nitrogens with zero attached hydrogens (tertiary/aromatic N) is 3. The van der Waals surface area contributed by atoms with Gasteiger partial charge in [0.15, 0.2) is 0 Å². The van der Waals surface area contributed by atoms with Crippen molar-refractivity contribution < 1.29 is 4.39 Å². The zero-order valence-electron chi connectivity index (χ0n) is 10.2. The molecule has 4 nitrogen and oxygen atoms in total. The fraction of sp³-hybridized carbons (Fsp3) is 0.308. The van der Waals surface area contributed by atoms with Crippen LogP contribution in [-0.2, 0) is 0 Å². The average molecular weight is 246 g/mol. The predicted molar refractivity (Wildman–Crippen MR) is 66.4 cm³/mol. The van der Waals surface area contributed by atoms with Crippen LogP contribution in [-0.4, -0.2) is 21.5 Å². The summed E-state index contributed by atoms with van der Waals surface area (Å²) in [5, 5.41) is 3.26. The fourth-order valence-corrected chi connectivity index (χ4v) is 1.73. The van der Waals surface area contributed by atoms with Gasteiger partial charge < -0.3 is 5.32 Å². The van der Waals surface area contributed by atoms with Crippen LogP contribution in [0.15, 0.2) is 37.1 Å². The Balaban J connectivity index is 2.34. The van der Waals surface area contributed by atoms with Crippen LogP contribution >= 0.6 is 0 Å². The Morgan fingerprint density at radius 1 is 1.33 bits per heavy atom. The Kier molecular flexibility index (Phi) is 4.30. The van der Waals surface area contributed by atoms with E-state index in [1.165, 1.54) is 12.4 Å². The maximum atomic E-state index is 13.8. The highest BCUT2D eigenvalue weighted by atomic mass is 19.1. The fourth-order valence-electron chi connectivity index (χ4n) is 1.73. The van der Waals surface area contributed by atoms with Crippen molar-refractivity contribution in [3.63, 3.8) is 0 Å². The molecule has 18 heavy (non-hydrogen) atoms. The highest BCUT2D eigenvalue weighted by Gasteiger charge is 2.18. The molecule has 1 N–H and O–H groups in total. The summed E-state index contributed by atoms with van der Waals surface area (Å²) in [4.78, 5) is 12.0. The SMILES string of the molecule is CCCNC(c1cncnc1)c1ncccc1F. The van der Waals surface area contributed by atoms with Crippen LogP contribution in [0.3, 0.4) is 0 Å². The summed E-state index contributed by atoms with van der Waals surface area (Å²) in [5.74, 6) is -0.324. The Morgan fingerprint density at radius 2 is 2.11 bits per heavy atom. The van der Waals surface area contributed by atoms with E-state index in [0.717, 1.165) is 18.5 Å². The Hall–Kier alpha value is -1.88. The molecule has 0 radical (unpaired) electrons. The van der Waals surface area contributed by atoms with Gasteiger partial charge >= 0.3 is 0 Å². The van der Waals surface area contributed by atoms with Crippen LogP contribution in [0.25, 0.3) is 0 Å². The summed E-state index contributed by atoms with van der Waals surface area (Å²) in [6.45, 7) is 2.83. The maximum Gasteiger partial charge on any atom is 0.146 e. The zero-order chi connectivity index (χ0) is 12.8. The highest BCUT2D eigenvalue weighted by molar-refractivity contribution is 5.24. The molecule has 1 atom stereocenters. The highest BCUT2D eigenvalue weighted by Crippen LogP contribution is 2.21. The van der Waals surface area contributed by atoms with E-state index in [9.17, 15) is 4.39 Å². The minimum Gasteiger partial charge on any atom is -0.305 e. The third-order valence-electron chi connectivity index (χ3n) is 2.57. The molecule has 1 unspecified atom stereocenters. The van der Waals surface area contributed by atoms with E-state index in [1.54, 1.807) is 24.7 Å². The molecule has 2 rings (SSSR count). The van der Waals surface area contributed by atoms with Gasteiger partial charge in [-0.25, -0.2) is 14.4 Å². The lowest BCUT2D eigenvalue weighted by Crippen LogP contribution is -2.25. The van der Waals surface area contributed by atoms with Gasteiger partial charge in [-0.3, -0.25) is 4.98 Å². The summed E-state index contributed by atoms with van der Waals surface area (Å²) in [6.07, 6.45) is 7.35. The first-order valence-corrected chi connectivity index (χ1v) is 5.91. The van der Waals surface area contributed by atoms with Crippen LogP contribution in [0.2, 0.25) is 0 Å². The van der Waals surface area contributed by atoms with Crippen molar-refractivity contribution >= 4 is 0 Å². The maximum absolute atomic E-state index is 13.8. The monoisotopic (exact) mass is 246 g/mol. The lowest BCUT2D eigenvalue weighted by atomic mass is 10.1. The lowest BCUT2D eigenvalue weighted by Gasteiger charge is -2.18. The molecule has 2 heterocycles. The number of halogens is 1. The van der Waals surface area contributed by atoms with E-state index in [1.807, 2.05) is 0 Å². The van der Waals surface area contributed by atoms with Crippen LogP contribution in [0.5, 0.6) is 0 Å². The van der Waals surface area contributed by atoms with E-state index in [-0.39, 0.29) is 11.9 Å². The van der Waals surface area contributed by atoms with Gasteiger partial charge in [0.1, 0.15) is 12.1 Å². The molecule has 0 aromatic carbocycles. The summed E-state index contributed by atoms with van der Waals surface area (Å²) in [5.41, 5.74) is 1.18. The Bertz CT molecular complexity index is 489. The molecule has 0 fully saturated rings. The minimum absolute atomic E-state index is 0.313. The van der Waals surface area contributed by atoms with Crippen LogP contribution in [0.1, 0.15) is 30.6 Å². The summed E-state index contributed by atoms with van der Waals surface area (Å²) < 4.78 is 13.8. The lowest BCUT2D eigenvalue weighted by molar-refractivity contribution is 0.529. The molecule has 2 aromatic rings. The molecule has 0 saturated heterocycles. The number of pyridine rings is 1. The predicted octanol–water partition coefficient (Wildman–Crippen LogP) is 2.10. The molecule has 0 spiro atoms. The van der Waals surface area contributed by atoms with Gasteiger partial charge in [-0.2, -0.15) is 0 Å². The first kappa shape index (κ1) is 12.6. The largest absolute Gasteiger partial charge is 0.305 e. The van der Waals surface area contributed by atoms with Gasteiger partial charge in [-0.1, -0.05) is 6.92 Å². The van der Waals surface area contributed by atoms with Gasteiger partial charge in [0.05, 0.1) is 11.7 Å². The number of nitrogens with one attached hydrogen (secondary N) is 1. The number of hydrogen-bond donors (Lipinski definition) is 1.